The lowest BCUT2D eigenvalue weighted by molar-refractivity contribution is 0.591. The van der Waals surface area contributed by atoms with Gasteiger partial charge in [0.1, 0.15) is 0 Å². The van der Waals surface area contributed by atoms with E-state index in [4.69, 9.17) is 0 Å². The van der Waals surface area contributed by atoms with E-state index < -0.39 is 0 Å². The Labute approximate surface area is 467 Å². The second-order valence-electron chi connectivity index (χ2n) is 24.3. The number of rotatable bonds is 8. The van der Waals surface area contributed by atoms with E-state index in [0.717, 1.165) is 22.7 Å². The lowest BCUT2D eigenvalue weighted by Gasteiger charge is -2.34. The van der Waals surface area contributed by atoms with Gasteiger partial charge in [0.25, 0.3) is 0 Å². The molecule has 0 spiro atoms. The van der Waals surface area contributed by atoms with Gasteiger partial charge in [0.2, 0.25) is 0 Å². The maximum Gasteiger partial charge on any atom is 0.0641 e. The molecule has 80 heavy (non-hydrogen) atoms. The van der Waals surface area contributed by atoms with Crippen LogP contribution in [0, 0.1) is 13.8 Å². The number of nitrogens with zero attached hydrogens (tertiary/aromatic N) is 4. The summed E-state index contributed by atoms with van der Waals surface area (Å²) in [5.41, 5.74) is 23.8. The molecule has 0 saturated carbocycles. The van der Waals surface area contributed by atoms with Crippen molar-refractivity contribution in [2.45, 2.75) is 66.2 Å². The van der Waals surface area contributed by atoms with Crippen molar-refractivity contribution in [3.8, 4) is 22.3 Å². The Morgan fingerprint density at radius 1 is 0.312 bits per heavy atom. The molecule has 0 aliphatic rings. The monoisotopic (exact) mass is 1030 g/mol. The van der Waals surface area contributed by atoms with E-state index in [1.165, 1.54) is 132 Å². The molecule has 4 heteroatoms. The molecule has 0 N–H and O–H groups in total. The lowest BCUT2D eigenvalue weighted by atomic mass is 9.82. The molecule has 0 saturated heterocycles. The normalized spacial score (nSPS) is 12.5. The van der Waals surface area contributed by atoms with Gasteiger partial charge in [-0.05, 0) is 108 Å². The summed E-state index contributed by atoms with van der Waals surface area (Å²) in [7, 11) is 0. The van der Waals surface area contributed by atoms with Crippen LogP contribution in [0.3, 0.4) is 0 Å². The van der Waals surface area contributed by atoms with E-state index in [1.807, 2.05) is 0 Å². The Morgan fingerprint density at radius 3 is 1.07 bits per heavy atom. The van der Waals surface area contributed by atoms with Crippen LogP contribution in [-0.2, 0) is 10.8 Å². The Hall–Kier alpha value is -9.38. The zero-order chi connectivity index (χ0) is 54.3. The molecule has 0 unspecified atom stereocenters. The Bertz CT molecular complexity index is 4580. The standard InChI is InChI=1S/C76H62N4/c1-47-33-37-51(38-34-47)77(71-53(49-21-11-9-12-22-49)27-19-29-61(71)75(3,4)5)65-43-41-55-59-45-68-60(46-67(59)79-63-31-17-15-25-57(63)69(65)73(55)79)56-42-44-66(70-58-26-16-18-32-64(58)80(68)74(56)70)78(52-39-35-48(2)36-40-52)72-54(50-23-13-10-14-24-50)28-20-30-62(72)76(6,7)8/h9-46H,1-8H3. The molecular formula is C76H62N4. The van der Waals surface area contributed by atoms with Gasteiger partial charge in [0.15, 0.2) is 0 Å². The van der Waals surface area contributed by atoms with Crippen molar-refractivity contribution in [2.75, 3.05) is 9.80 Å². The van der Waals surface area contributed by atoms with Gasteiger partial charge in [-0.3, -0.25) is 0 Å². The first-order valence-electron chi connectivity index (χ1n) is 28.3. The van der Waals surface area contributed by atoms with Gasteiger partial charge >= 0.3 is 0 Å². The van der Waals surface area contributed by atoms with Crippen molar-refractivity contribution < 1.29 is 0 Å². The number of benzene rings is 11. The third kappa shape index (κ3) is 7.07. The predicted molar refractivity (Wildman–Crippen MR) is 343 cm³/mol. The van der Waals surface area contributed by atoms with Gasteiger partial charge in [-0.1, -0.05) is 223 Å². The first kappa shape index (κ1) is 47.8. The summed E-state index contributed by atoms with van der Waals surface area (Å²) in [5, 5.41) is 9.96. The largest absolute Gasteiger partial charge is 0.309 e. The Balaban J connectivity index is 1.03. The Kier molecular flexibility index (Phi) is 10.5. The van der Waals surface area contributed by atoms with Crippen molar-refractivity contribution in [1.29, 1.82) is 0 Å². The van der Waals surface area contributed by atoms with Gasteiger partial charge in [-0.2, -0.15) is 0 Å². The molecular weight excluding hydrogens is 969 g/mol. The topological polar surface area (TPSA) is 15.3 Å². The first-order valence-corrected chi connectivity index (χ1v) is 28.3. The van der Waals surface area contributed by atoms with Crippen LogP contribution >= 0.6 is 0 Å². The maximum atomic E-state index is 2.57. The van der Waals surface area contributed by atoms with E-state index in [0.29, 0.717) is 0 Å². The highest BCUT2D eigenvalue weighted by Crippen LogP contribution is 2.55. The summed E-state index contributed by atoms with van der Waals surface area (Å²) < 4.78 is 5.15. The molecule has 0 fully saturated rings. The van der Waals surface area contributed by atoms with Gasteiger partial charge < -0.3 is 18.6 Å². The van der Waals surface area contributed by atoms with Crippen molar-refractivity contribution in [3.63, 3.8) is 0 Å². The van der Waals surface area contributed by atoms with Crippen molar-refractivity contribution in [2.24, 2.45) is 0 Å². The molecule has 4 aromatic heterocycles. The number of fused-ring (bicyclic) bond motifs is 12. The van der Waals surface area contributed by atoms with Crippen molar-refractivity contribution in [1.82, 2.24) is 8.80 Å². The molecule has 4 heterocycles. The van der Waals surface area contributed by atoms with Crippen LogP contribution in [0.5, 0.6) is 0 Å². The molecule has 4 nitrogen and oxygen atoms in total. The van der Waals surface area contributed by atoms with E-state index in [2.05, 4.69) is 305 Å². The van der Waals surface area contributed by atoms with Gasteiger partial charge in [0.05, 0.1) is 55.8 Å². The highest BCUT2D eigenvalue weighted by molar-refractivity contribution is 6.32. The van der Waals surface area contributed by atoms with Crippen LogP contribution in [-0.4, -0.2) is 8.80 Å². The van der Waals surface area contributed by atoms with Gasteiger partial charge in [0, 0.05) is 65.6 Å². The average molecular weight is 1030 g/mol. The second-order valence-corrected chi connectivity index (χ2v) is 24.3. The highest BCUT2D eigenvalue weighted by atomic mass is 15.2. The van der Waals surface area contributed by atoms with Gasteiger partial charge in [-0.15, -0.1) is 0 Å². The Morgan fingerprint density at radius 2 is 0.688 bits per heavy atom. The molecule has 11 aromatic carbocycles. The summed E-state index contributed by atoms with van der Waals surface area (Å²) in [6.07, 6.45) is 0. The number of para-hydroxylation sites is 4. The molecule has 0 atom stereocenters. The molecule has 15 aromatic rings. The molecule has 15 rings (SSSR count). The fourth-order valence-electron chi connectivity index (χ4n) is 13.5. The second kappa shape index (κ2) is 17.6. The summed E-state index contributed by atoms with van der Waals surface area (Å²) in [6, 6.07) is 86.7. The van der Waals surface area contributed by atoms with Crippen LogP contribution in [0.4, 0.5) is 34.1 Å². The number of hydrogen-bond donors (Lipinski definition) is 0. The fraction of sp³-hybridized carbons (Fsp3) is 0.132. The van der Waals surface area contributed by atoms with Crippen LogP contribution in [0.15, 0.2) is 231 Å². The lowest BCUT2D eigenvalue weighted by Crippen LogP contribution is -2.20. The summed E-state index contributed by atoms with van der Waals surface area (Å²) in [4.78, 5) is 5.14. The van der Waals surface area contributed by atoms with Crippen LogP contribution in [0.2, 0.25) is 0 Å². The quantitative estimate of drug-likeness (QED) is 0.151. The highest BCUT2D eigenvalue weighted by Gasteiger charge is 2.33. The third-order valence-corrected chi connectivity index (χ3v) is 17.1. The van der Waals surface area contributed by atoms with E-state index in [1.54, 1.807) is 0 Å². The summed E-state index contributed by atoms with van der Waals surface area (Å²) in [5.74, 6) is 0. The smallest absolute Gasteiger partial charge is 0.0641 e. The molecule has 0 radical (unpaired) electrons. The molecule has 0 aliphatic carbocycles. The number of anilines is 6. The minimum atomic E-state index is -0.160. The molecule has 0 bridgehead atoms. The summed E-state index contributed by atoms with van der Waals surface area (Å²) >= 11 is 0. The zero-order valence-corrected chi connectivity index (χ0v) is 46.7. The summed E-state index contributed by atoms with van der Waals surface area (Å²) in [6.45, 7) is 18.4. The van der Waals surface area contributed by atoms with Crippen LogP contribution < -0.4 is 9.80 Å². The number of hydrogen-bond acceptors (Lipinski definition) is 2. The molecule has 386 valence electrons. The van der Waals surface area contributed by atoms with Crippen molar-refractivity contribution >= 4 is 110 Å². The van der Waals surface area contributed by atoms with E-state index >= 15 is 0 Å². The number of aryl methyl sites for hydroxylation is 2. The average Bonchev–Trinajstić information content (AvgIpc) is 4.40. The van der Waals surface area contributed by atoms with Crippen LogP contribution in [0.1, 0.15) is 63.8 Å². The van der Waals surface area contributed by atoms with E-state index in [-0.39, 0.29) is 10.8 Å². The van der Waals surface area contributed by atoms with E-state index in [9.17, 15) is 0 Å². The predicted octanol–water partition coefficient (Wildman–Crippen LogP) is 21.5. The SMILES string of the molecule is Cc1ccc(N(c2c(-c3ccccc3)cccc2C(C)(C)C)c2ccc3c4cc5c(cc4n4c6ccccc6c2c34)c2ccc(N(c3ccc(C)cc3)c3c(-c4ccccc4)cccc3C(C)(C)C)c3c4ccccc4n5c23)cc1. The number of aromatic nitrogens is 2. The minimum Gasteiger partial charge on any atom is -0.309 e. The molecule has 0 aliphatic heterocycles. The fourth-order valence-corrected chi connectivity index (χ4v) is 13.5. The van der Waals surface area contributed by atoms with Crippen molar-refractivity contribution in [3.05, 3.63) is 253 Å². The zero-order valence-electron chi connectivity index (χ0n) is 46.7. The van der Waals surface area contributed by atoms with Gasteiger partial charge in [-0.25, -0.2) is 0 Å². The first-order chi connectivity index (χ1) is 38.8. The maximum absolute atomic E-state index is 2.57. The molecule has 0 amide bonds. The van der Waals surface area contributed by atoms with Crippen LogP contribution in [0.25, 0.3) is 98.4 Å². The third-order valence-electron chi connectivity index (χ3n) is 17.1. The minimum absolute atomic E-state index is 0.160.